The molecule has 2 saturated carbocycles. The van der Waals surface area contributed by atoms with E-state index in [-0.39, 0.29) is 30.3 Å². The summed E-state index contributed by atoms with van der Waals surface area (Å²) in [7, 11) is 0. The number of carbonyl (C=O) groups excluding carboxylic acids is 1. The Balaban J connectivity index is 0.00000161. The number of amides is 1. The molecule has 1 aromatic carbocycles. The molecule has 2 aliphatic rings. The first-order valence-electron chi connectivity index (χ1n) is 7.43. The summed E-state index contributed by atoms with van der Waals surface area (Å²) in [6.07, 6.45) is 4.36. The van der Waals surface area contributed by atoms with E-state index in [9.17, 15) is 4.79 Å². The van der Waals surface area contributed by atoms with Gasteiger partial charge >= 0.3 is 0 Å². The number of benzene rings is 1. The van der Waals surface area contributed by atoms with Crippen LogP contribution in [0.25, 0.3) is 0 Å². The molecule has 0 radical (unpaired) electrons. The van der Waals surface area contributed by atoms with Crippen LogP contribution in [0.5, 0.6) is 0 Å². The number of fused-ring (bicyclic) bond motifs is 2. The summed E-state index contributed by atoms with van der Waals surface area (Å²) in [5.41, 5.74) is 7.38. The maximum absolute atomic E-state index is 12.3. The van der Waals surface area contributed by atoms with Crippen molar-refractivity contribution < 1.29 is 4.79 Å². The number of nitrogens with two attached hydrogens (primary N) is 1. The highest BCUT2D eigenvalue weighted by Crippen LogP contribution is 2.47. The second-order valence-corrected chi connectivity index (χ2v) is 6.54. The van der Waals surface area contributed by atoms with Crippen molar-refractivity contribution in [3.8, 4) is 0 Å². The van der Waals surface area contributed by atoms with Gasteiger partial charge in [0.15, 0.2) is 0 Å². The fourth-order valence-electron chi connectivity index (χ4n) is 3.82. The first-order valence-corrected chi connectivity index (χ1v) is 7.80. The summed E-state index contributed by atoms with van der Waals surface area (Å²) in [5, 5.41) is 3.79. The SMILES string of the molecule is Cl.NC1C2CCC(C2)C1C(=O)NCCc1ccc(Cl)cc1. The summed E-state index contributed by atoms with van der Waals surface area (Å²) in [5.74, 6) is 1.29. The first-order chi connectivity index (χ1) is 9.65. The van der Waals surface area contributed by atoms with Crippen molar-refractivity contribution in [2.75, 3.05) is 6.54 Å². The van der Waals surface area contributed by atoms with Crippen molar-refractivity contribution in [1.82, 2.24) is 5.32 Å². The second kappa shape index (κ2) is 6.99. The van der Waals surface area contributed by atoms with Crippen molar-refractivity contribution in [2.45, 2.75) is 31.7 Å². The summed E-state index contributed by atoms with van der Waals surface area (Å²) in [6, 6.07) is 7.83. The minimum absolute atomic E-state index is 0. The minimum Gasteiger partial charge on any atom is -0.355 e. The zero-order chi connectivity index (χ0) is 14.1. The Morgan fingerprint density at radius 1 is 1.24 bits per heavy atom. The lowest BCUT2D eigenvalue weighted by molar-refractivity contribution is -0.127. The van der Waals surface area contributed by atoms with E-state index in [0.29, 0.717) is 18.4 Å². The van der Waals surface area contributed by atoms with Crippen LogP contribution in [0.1, 0.15) is 24.8 Å². The molecule has 0 heterocycles. The van der Waals surface area contributed by atoms with Gasteiger partial charge in [-0.1, -0.05) is 23.7 Å². The van der Waals surface area contributed by atoms with Gasteiger partial charge in [0.2, 0.25) is 5.91 Å². The highest BCUT2D eigenvalue weighted by molar-refractivity contribution is 6.30. The topological polar surface area (TPSA) is 55.1 Å². The molecule has 4 atom stereocenters. The molecule has 1 amide bonds. The average Bonchev–Trinajstić information content (AvgIpc) is 3.01. The van der Waals surface area contributed by atoms with E-state index >= 15 is 0 Å². The van der Waals surface area contributed by atoms with Gasteiger partial charge in [0.1, 0.15) is 0 Å². The van der Waals surface area contributed by atoms with Crippen molar-refractivity contribution >= 4 is 29.9 Å². The molecule has 1 aromatic rings. The molecular weight excluding hydrogens is 307 g/mol. The Morgan fingerprint density at radius 3 is 2.52 bits per heavy atom. The van der Waals surface area contributed by atoms with Crippen molar-refractivity contribution in [3.63, 3.8) is 0 Å². The maximum Gasteiger partial charge on any atom is 0.224 e. The van der Waals surface area contributed by atoms with Crippen LogP contribution in [-0.2, 0) is 11.2 Å². The highest BCUT2D eigenvalue weighted by Gasteiger charge is 2.48. The second-order valence-electron chi connectivity index (χ2n) is 6.10. The molecular formula is C16H22Cl2N2O. The number of hydrogen-bond acceptors (Lipinski definition) is 2. The van der Waals surface area contributed by atoms with Crippen LogP contribution in [0.3, 0.4) is 0 Å². The minimum atomic E-state index is 0. The highest BCUT2D eigenvalue weighted by atomic mass is 35.5. The molecule has 0 aliphatic heterocycles. The predicted octanol–water partition coefficient (Wildman–Crippen LogP) is 2.79. The van der Waals surface area contributed by atoms with Crippen molar-refractivity contribution in [3.05, 3.63) is 34.9 Å². The largest absolute Gasteiger partial charge is 0.355 e. The lowest BCUT2D eigenvalue weighted by Gasteiger charge is -2.27. The summed E-state index contributed by atoms with van der Waals surface area (Å²) >= 11 is 5.85. The van der Waals surface area contributed by atoms with E-state index in [2.05, 4.69) is 5.32 Å². The summed E-state index contributed by atoms with van der Waals surface area (Å²) in [6.45, 7) is 0.668. The number of rotatable bonds is 4. The standard InChI is InChI=1S/C16H21ClN2O.ClH/c17-13-5-1-10(2-6-13)7-8-19-16(20)14-11-3-4-12(9-11)15(14)18;/h1-2,5-6,11-12,14-15H,3-4,7-9,18H2,(H,19,20);1H. The molecule has 0 aromatic heterocycles. The van der Waals surface area contributed by atoms with Gasteiger partial charge < -0.3 is 11.1 Å². The molecule has 2 bridgehead atoms. The van der Waals surface area contributed by atoms with Gasteiger partial charge in [0.25, 0.3) is 0 Å². The van der Waals surface area contributed by atoms with Gasteiger partial charge in [-0.15, -0.1) is 12.4 Å². The van der Waals surface area contributed by atoms with Gasteiger partial charge in [-0.2, -0.15) is 0 Å². The molecule has 116 valence electrons. The summed E-state index contributed by atoms with van der Waals surface area (Å²) < 4.78 is 0. The molecule has 3 nitrogen and oxygen atoms in total. The Bertz CT molecular complexity index is 490. The Kier molecular flexibility index (Phi) is 5.53. The van der Waals surface area contributed by atoms with E-state index in [1.165, 1.54) is 18.4 Å². The fourth-order valence-corrected chi connectivity index (χ4v) is 3.95. The third-order valence-corrected chi connectivity index (χ3v) is 5.16. The number of hydrogen-bond donors (Lipinski definition) is 2. The Labute approximate surface area is 137 Å². The van der Waals surface area contributed by atoms with E-state index in [4.69, 9.17) is 17.3 Å². The lowest BCUT2D eigenvalue weighted by atomic mass is 9.84. The first kappa shape index (κ1) is 16.6. The normalized spacial score (nSPS) is 30.0. The smallest absolute Gasteiger partial charge is 0.224 e. The van der Waals surface area contributed by atoms with Crippen LogP contribution in [0.15, 0.2) is 24.3 Å². The Morgan fingerprint density at radius 2 is 1.90 bits per heavy atom. The van der Waals surface area contributed by atoms with Gasteiger partial charge in [-0.05, 0) is 55.2 Å². The maximum atomic E-state index is 12.3. The average molecular weight is 329 g/mol. The van der Waals surface area contributed by atoms with Crippen LogP contribution >= 0.6 is 24.0 Å². The zero-order valence-corrected chi connectivity index (χ0v) is 13.5. The molecule has 3 N–H and O–H groups in total. The van der Waals surface area contributed by atoms with Crippen molar-refractivity contribution in [2.24, 2.45) is 23.5 Å². The van der Waals surface area contributed by atoms with E-state index in [1.807, 2.05) is 24.3 Å². The zero-order valence-electron chi connectivity index (χ0n) is 11.9. The monoisotopic (exact) mass is 328 g/mol. The van der Waals surface area contributed by atoms with Gasteiger partial charge in [0.05, 0.1) is 5.92 Å². The van der Waals surface area contributed by atoms with E-state index < -0.39 is 0 Å². The lowest BCUT2D eigenvalue weighted by Crippen LogP contribution is -2.45. The number of halogens is 2. The molecule has 0 spiro atoms. The summed E-state index contributed by atoms with van der Waals surface area (Å²) in [4.78, 5) is 12.3. The quantitative estimate of drug-likeness (QED) is 0.892. The number of carbonyl (C=O) groups is 1. The van der Waals surface area contributed by atoms with Crippen LogP contribution < -0.4 is 11.1 Å². The number of nitrogens with one attached hydrogen (secondary N) is 1. The van der Waals surface area contributed by atoms with Gasteiger partial charge in [0, 0.05) is 17.6 Å². The van der Waals surface area contributed by atoms with Crippen LogP contribution in [0.2, 0.25) is 5.02 Å². The van der Waals surface area contributed by atoms with Crippen LogP contribution in [0.4, 0.5) is 0 Å². The fraction of sp³-hybridized carbons (Fsp3) is 0.562. The molecule has 4 unspecified atom stereocenters. The van der Waals surface area contributed by atoms with E-state index in [1.54, 1.807) is 0 Å². The molecule has 21 heavy (non-hydrogen) atoms. The van der Waals surface area contributed by atoms with E-state index in [0.717, 1.165) is 17.9 Å². The van der Waals surface area contributed by atoms with Crippen molar-refractivity contribution in [1.29, 1.82) is 0 Å². The third-order valence-electron chi connectivity index (χ3n) is 4.91. The molecule has 5 heteroatoms. The molecule has 0 saturated heterocycles. The van der Waals surface area contributed by atoms with Gasteiger partial charge in [-0.25, -0.2) is 0 Å². The molecule has 2 fully saturated rings. The third kappa shape index (κ3) is 3.53. The van der Waals surface area contributed by atoms with Gasteiger partial charge in [-0.3, -0.25) is 4.79 Å². The van der Waals surface area contributed by atoms with Crippen LogP contribution in [-0.4, -0.2) is 18.5 Å². The molecule has 2 aliphatic carbocycles. The van der Waals surface area contributed by atoms with Crippen LogP contribution in [0, 0.1) is 17.8 Å². The predicted molar refractivity (Wildman–Crippen MR) is 87.7 cm³/mol. The Hall–Kier alpha value is -0.770. The molecule has 3 rings (SSSR count).